The molecule has 0 bridgehead atoms. The molecule has 1 aromatic heterocycles. The third-order valence-corrected chi connectivity index (χ3v) is 6.20. The Labute approximate surface area is 187 Å². The van der Waals surface area contributed by atoms with Crippen molar-refractivity contribution < 1.29 is 14.3 Å². The van der Waals surface area contributed by atoms with Gasteiger partial charge in [0.15, 0.2) is 0 Å². The molecule has 2 saturated heterocycles. The normalized spacial score (nSPS) is 21.2. The molecular weight excluding hydrogens is 392 g/mol. The maximum absolute atomic E-state index is 12.8. The number of hydrogen-bond donors (Lipinski definition) is 1. The smallest absolute Gasteiger partial charge is 0.410 e. The van der Waals surface area contributed by atoms with Gasteiger partial charge in [0, 0.05) is 38.4 Å². The van der Waals surface area contributed by atoms with E-state index in [4.69, 9.17) is 4.74 Å². The number of aromatic nitrogens is 1. The van der Waals surface area contributed by atoms with E-state index in [2.05, 4.69) is 21.7 Å². The summed E-state index contributed by atoms with van der Waals surface area (Å²) in [4.78, 5) is 29.3. The predicted molar refractivity (Wildman–Crippen MR) is 122 cm³/mol. The zero-order chi connectivity index (χ0) is 22.4. The standard InChI is InChI=1S/C24H40N4O3/c1-19-8-5-13-26(18-19)14-7-12-25-22(29)21-9-6-15-28(21)20-10-16-27(17-11-20)23(30)31-24(2,3)4/h6,9,15,19-20H,5,7-8,10-14,16-18H2,1-4H3,(H,25,29). The molecule has 3 rings (SSSR count). The van der Waals surface area contributed by atoms with Crippen LogP contribution in [0.3, 0.4) is 0 Å². The summed E-state index contributed by atoms with van der Waals surface area (Å²) >= 11 is 0. The second-order valence-electron chi connectivity index (χ2n) is 10.2. The van der Waals surface area contributed by atoms with Crippen LogP contribution in [0.15, 0.2) is 18.3 Å². The maximum atomic E-state index is 12.8. The Morgan fingerprint density at radius 2 is 1.90 bits per heavy atom. The van der Waals surface area contributed by atoms with Gasteiger partial charge in [-0.15, -0.1) is 0 Å². The molecule has 1 N–H and O–H groups in total. The van der Waals surface area contributed by atoms with Gasteiger partial charge in [-0.2, -0.15) is 0 Å². The summed E-state index contributed by atoms with van der Waals surface area (Å²) < 4.78 is 7.56. The van der Waals surface area contributed by atoms with E-state index in [1.165, 1.54) is 25.9 Å². The van der Waals surface area contributed by atoms with Gasteiger partial charge >= 0.3 is 6.09 Å². The summed E-state index contributed by atoms with van der Waals surface area (Å²) in [6.45, 7) is 13.4. The summed E-state index contributed by atoms with van der Waals surface area (Å²) in [5.74, 6) is 0.778. The maximum Gasteiger partial charge on any atom is 0.410 e. The van der Waals surface area contributed by atoms with E-state index in [0.717, 1.165) is 31.7 Å². The Morgan fingerprint density at radius 3 is 2.58 bits per heavy atom. The van der Waals surface area contributed by atoms with Crippen molar-refractivity contribution >= 4 is 12.0 Å². The van der Waals surface area contributed by atoms with E-state index in [-0.39, 0.29) is 18.0 Å². The lowest BCUT2D eigenvalue weighted by molar-refractivity contribution is 0.0187. The van der Waals surface area contributed by atoms with Crippen LogP contribution in [0.4, 0.5) is 4.79 Å². The first kappa shape index (κ1) is 23.6. The molecule has 1 atom stereocenters. The quantitative estimate of drug-likeness (QED) is 0.692. The van der Waals surface area contributed by atoms with Crippen LogP contribution < -0.4 is 5.32 Å². The van der Waals surface area contributed by atoms with E-state index in [9.17, 15) is 9.59 Å². The molecule has 0 spiro atoms. The van der Waals surface area contributed by atoms with Crippen molar-refractivity contribution in [2.75, 3.05) is 39.3 Å². The number of likely N-dealkylation sites (tertiary alicyclic amines) is 2. The number of piperidine rings is 2. The molecular formula is C24H40N4O3. The van der Waals surface area contributed by atoms with Gasteiger partial charge in [0.05, 0.1) is 0 Å². The Bertz CT molecular complexity index is 731. The Balaban J connectivity index is 1.44. The molecule has 7 nitrogen and oxygen atoms in total. The number of rotatable bonds is 6. The second-order valence-corrected chi connectivity index (χ2v) is 10.2. The molecule has 2 aliphatic heterocycles. The zero-order valence-corrected chi connectivity index (χ0v) is 19.7. The van der Waals surface area contributed by atoms with Gasteiger partial charge < -0.3 is 24.4 Å². The second kappa shape index (κ2) is 10.5. The topological polar surface area (TPSA) is 66.8 Å². The molecule has 7 heteroatoms. The van der Waals surface area contributed by atoms with Crippen molar-refractivity contribution in [2.24, 2.45) is 5.92 Å². The van der Waals surface area contributed by atoms with Gasteiger partial charge in [-0.3, -0.25) is 4.79 Å². The molecule has 1 aromatic rings. The molecule has 2 aliphatic rings. The van der Waals surface area contributed by atoms with Crippen LogP contribution in [-0.4, -0.2) is 71.2 Å². The molecule has 0 aromatic carbocycles. The van der Waals surface area contributed by atoms with Gasteiger partial charge in [-0.25, -0.2) is 4.79 Å². The van der Waals surface area contributed by atoms with Gasteiger partial charge in [0.2, 0.25) is 0 Å². The summed E-state index contributed by atoms with van der Waals surface area (Å²) in [5, 5.41) is 3.10. The Hall–Kier alpha value is -2.02. The van der Waals surface area contributed by atoms with E-state index < -0.39 is 5.60 Å². The first-order chi connectivity index (χ1) is 14.7. The largest absolute Gasteiger partial charge is 0.444 e. The molecule has 1 unspecified atom stereocenters. The summed E-state index contributed by atoms with van der Waals surface area (Å²) in [7, 11) is 0. The molecule has 2 fully saturated rings. The number of carbonyl (C=O) groups is 2. The van der Waals surface area contributed by atoms with Crippen LogP contribution in [-0.2, 0) is 4.74 Å². The third kappa shape index (κ3) is 6.99. The zero-order valence-electron chi connectivity index (χ0n) is 19.7. The van der Waals surface area contributed by atoms with Crippen molar-refractivity contribution in [1.29, 1.82) is 0 Å². The minimum Gasteiger partial charge on any atom is -0.444 e. The Kier molecular flexibility index (Phi) is 8.03. The summed E-state index contributed by atoms with van der Waals surface area (Å²) in [6.07, 6.45) is 6.97. The fraction of sp³-hybridized carbons (Fsp3) is 0.750. The van der Waals surface area contributed by atoms with E-state index in [1.54, 1.807) is 4.90 Å². The lowest BCUT2D eigenvalue weighted by Gasteiger charge is -2.34. The van der Waals surface area contributed by atoms with Crippen LogP contribution in [0.5, 0.6) is 0 Å². The molecule has 0 aliphatic carbocycles. The highest BCUT2D eigenvalue weighted by molar-refractivity contribution is 5.92. The molecule has 31 heavy (non-hydrogen) atoms. The lowest BCUT2D eigenvalue weighted by Crippen LogP contribution is -2.42. The highest BCUT2D eigenvalue weighted by atomic mass is 16.6. The van der Waals surface area contributed by atoms with Crippen LogP contribution in [0.2, 0.25) is 0 Å². The average molecular weight is 433 g/mol. The number of nitrogens with one attached hydrogen (secondary N) is 1. The third-order valence-electron chi connectivity index (χ3n) is 6.20. The number of amides is 2. The predicted octanol–water partition coefficient (Wildman–Crippen LogP) is 3.91. The minimum atomic E-state index is -0.480. The monoisotopic (exact) mass is 432 g/mol. The van der Waals surface area contributed by atoms with Gasteiger partial charge in [0.1, 0.15) is 11.3 Å². The number of nitrogens with zero attached hydrogens (tertiary/aromatic N) is 3. The highest BCUT2D eigenvalue weighted by Crippen LogP contribution is 2.25. The highest BCUT2D eigenvalue weighted by Gasteiger charge is 2.28. The average Bonchev–Trinajstić information content (AvgIpc) is 3.20. The first-order valence-corrected chi connectivity index (χ1v) is 11.9. The Morgan fingerprint density at radius 1 is 1.16 bits per heavy atom. The van der Waals surface area contributed by atoms with Gasteiger partial charge in [0.25, 0.3) is 5.91 Å². The lowest BCUT2D eigenvalue weighted by atomic mass is 10.0. The number of ether oxygens (including phenoxy) is 1. The van der Waals surface area contributed by atoms with Crippen molar-refractivity contribution in [1.82, 2.24) is 19.7 Å². The fourth-order valence-electron chi connectivity index (χ4n) is 4.64. The molecule has 0 saturated carbocycles. The van der Waals surface area contributed by atoms with Crippen LogP contribution in [0.25, 0.3) is 0 Å². The molecule has 0 radical (unpaired) electrons. The minimum absolute atomic E-state index is 0.00779. The number of carbonyl (C=O) groups excluding carboxylic acids is 2. The SMILES string of the molecule is CC1CCCN(CCCNC(=O)c2cccn2C2CCN(C(=O)OC(C)(C)C)CC2)C1. The molecule has 2 amide bonds. The van der Waals surface area contributed by atoms with Crippen molar-refractivity contribution in [3.8, 4) is 0 Å². The van der Waals surface area contributed by atoms with Crippen molar-refractivity contribution in [2.45, 2.75) is 71.4 Å². The van der Waals surface area contributed by atoms with Gasteiger partial charge in [-0.05, 0) is 84.0 Å². The fourth-order valence-corrected chi connectivity index (χ4v) is 4.64. The van der Waals surface area contributed by atoms with Crippen LogP contribution in [0, 0.1) is 5.92 Å². The van der Waals surface area contributed by atoms with E-state index >= 15 is 0 Å². The summed E-state index contributed by atoms with van der Waals surface area (Å²) in [6, 6.07) is 4.05. The van der Waals surface area contributed by atoms with Crippen molar-refractivity contribution in [3.63, 3.8) is 0 Å². The van der Waals surface area contributed by atoms with E-state index in [0.29, 0.717) is 25.3 Å². The van der Waals surface area contributed by atoms with Crippen LogP contribution in [0.1, 0.15) is 76.3 Å². The van der Waals surface area contributed by atoms with Gasteiger partial charge in [-0.1, -0.05) is 6.92 Å². The van der Waals surface area contributed by atoms with E-state index in [1.807, 2.05) is 39.1 Å². The summed E-state index contributed by atoms with van der Waals surface area (Å²) in [5.41, 5.74) is 0.230. The van der Waals surface area contributed by atoms with Crippen molar-refractivity contribution in [3.05, 3.63) is 24.0 Å². The van der Waals surface area contributed by atoms with Crippen LogP contribution >= 0.6 is 0 Å². The molecule has 174 valence electrons. The first-order valence-electron chi connectivity index (χ1n) is 11.9. The molecule has 3 heterocycles. The number of hydrogen-bond acceptors (Lipinski definition) is 4.